The SMILES string of the molecule is CC(C)C1=C(O)C2CCC(C2)C1=O. The van der Waals surface area contributed by atoms with Crippen molar-refractivity contribution in [2.24, 2.45) is 17.8 Å². The van der Waals surface area contributed by atoms with Gasteiger partial charge in [-0.3, -0.25) is 4.79 Å². The zero-order chi connectivity index (χ0) is 9.59. The van der Waals surface area contributed by atoms with Crippen LogP contribution in [0.25, 0.3) is 0 Å². The Bertz CT molecular complexity index is 276. The third-order valence-corrected chi connectivity index (χ3v) is 3.31. The van der Waals surface area contributed by atoms with E-state index in [0.29, 0.717) is 17.3 Å². The Hall–Kier alpha value is -0.790. The maximum absolute atomic E-state index is 11.8. The van der Waals surface area contributed by atoms with Crippen molar-refractivity contribution in [2.45, 2.75) is 33.1 Å². The lowest BCUT2D eigenvalue weighted by atomic mass is 9.82. The van der Waals surface area contributed by atoms with Gasteiger partial charge in [0.15, 0.2) is 5.78 Å². The molecule has 2 nitrogen and oxygen atoms in total. The lowest BCUT2D eigenvalue weighted by Crippen LogP contribution is -2.24. The highest BCUT2D eigenvalue weighted by atomic mass is 16.3. The molecule has 72 valence electrons. The molecule has 2 rings (SSSR count). The molecule has 2 aliphatic rings. The number of fused-ring (bicyclic) bond motifs is 2. The Labute approximate surface area is 78.6 Å². The van der Waals surface area contributed by atoms with Gasteiger partial charge in [0, 0.05) is 17.4 Å². The summed E-state index contributed by atoms with van der Waals surface area (Å²) in [4.78, 5) is 11.8. The summed E-state index contributed by atoms with van der Waals surface area (Å²) >= 11 is 0. The fraction of sp³-hybridized carbons (Fsp3) is 0.727. The van der Waals surface area contributed by atoms with Gasteiger partial charge in [0.25, 0.3) is 0 Å². The van der Waals surface area contributed by atoms with Gasteiger partial charge in [-0.2, -0.15) is 0 Å². The highest BCUT2D eigenvalue weighted by Gasteiger charge is 2.41. The molecule has 2 aliphatic carbocycles. The maximum Gasteiger partial charge on any atom is 0.165 e. The van der Waals surface area contributed by atoms with Crippen LogP contribution in [-0.2, 0) is 4.79 Å². The summed E-state index contributed by atoms with van der Waals surface area (Å²) in [5.74, 6) is 1.30. The van der Waals surface area contributed by atoms with Gasteiger partial charge >= 0.3 is 0 Å². The van der Waals surface area contributed by atoms with Crippen LogP contribution in [0, 0.1) is 17.8 Å². The number of aliphatic hydroxyl groups excluding tert-OH is 1. The monoisotopic (exact) mass is 180 g/mol. The van der Waals surface area contributed by atoms with Crippen LogP contribution in [0.4, 0.5) is 0 Å². The van der Waals surface area contributed by atoms with E-state index >= 15 is 0 Å². The third kappa shape index (κ3) is 1.19. The van der Waals surface area contributed by atoms with Gasteiger partial charge in [-0.05, 0) is 25.2 Å². The van der Waals surface area contributed by atoms with E-state index in [2.05, 4.69) is 0 Å². The zero-order valence-electron chi connectivity index (χ0n) is 8.21. The average molecular weight is 180 g/mol. The van der Waals surface area contributed by atoms with Crippen molar-refractivity contribution in [1.82, 2.24) is 0 Å². The quantitative estimate of drug-likeness (QED) is 0.673. The third-order valence-electron chi connectivity index (χ3n) is 3.31. The molecule has 2 unspecified atom stereocenters. The molecular formula is C11H16O2. The van der Waals surface area contributed by atoms with E-state index in [1.807, 2.05) is 13.8 Å². The molecule has 0 amide bonds. The van der Waals surface area contributed by atoms with Gasteiger partial charge in [-0.1, -0.05) is 13.8 Å². The van der Waals surface area contributed by atoms with E-state index in [-0.39, 0.29) is 17.6 Å². The molecule has 0 heterocycles. The molecule has 0 radical (unpaired) electrons. The van der Waals surface area contributed by atoms with Crippen molar-refractivity contribution in [3.63, 3.8) is 0 Å². The molecule has 0 aliphatic heterocycles. The standard InChI is InChI=1S/C11H16O2/c1-6(2)9-10(12)7-3-4-8(5-7)11(9)13/h6-8,12H,3-5H2,1-2H3. The molecule has 0 aromatic carbocycles. The molecular weight excluding hydrogens is 164 g/mol. The van der Waals surface area contributed by atoms with E-state index in [1.54, 1.807) is 0 Å². The number of hydrogen-bond acceptors (Lipinski definition) is 2. The number of ketones is 1. The molecule has 2 bridgehead atoms. The van der Waals surface area contributed by atoms with Gasteiger partial charge in [0.2, 0.25) is 0 Å². The van der Waals surface area contributed by atoms with Gasteiger partial charge in [-0.15, -0.1) is 0 Å². The zero-order valence-corrected chi connectivity index (χ0v) is 8.21. The van der Waals surface area contributed by atoms with Gasteiger partial charge < -0.3 is 5.11 Å². The van der Waals surface area contributed by atoms with E-state index < -0.39 is 0 Å². The number of carbonyl (C=O) groups is 1. The smallest absolute Gasteiger partial charge is 0.165 e. The topological polar surface area (TPSA) is 37.3 Å². The minimum absolute atomic E-state index is 0.177. The van der Waals surface area contributed by atoms with Crippen molar-refractivity contribution in [2.75, 3.05) is 0 Å². The molecule has 0 spiro atoms. The van der Waals surface area contributed by atoms with E-state index in [9.17, 15) is 9.90 Å². The summed E-state index contributed by atoms with van der Waals surface area (Å²) < 4.78 is 0. The van der Waals surface area contributed by atoms with Gasteiger partial charge in [0.05, 0.1) is 0 Å². The van der Waals surface area contributed by atoms with E-state index in [4.69, 9.17) is 0 Å². The van der Waals surface area contributed by atoms with Crippen LogP contribution in [0.1, 0.15) is 33.1 Å². The summed E-state index contributed by atoms with van der Waals surface area (Å²) in [6, 6.07) is 0. The summed E-state index contributed by atoms with van der Waals surface area (Å²) in [7, 11) is 0. The van der Waals surface area contributed by atoms with Crippen LogP contribution >= 0.6 is 0 Å². The predicted octanol–water partition coefficient (Wildman–Crippen LogP) is 2.45. The fourth-order valence-corrected chi connectivity index (χ4v) is 2.61. The average Bonchev–Trinajstić information content (AvgIpc) is 2.46. The Balaban J connectivity index is 2.41. The second kappa shape index (κ2) is 2.86. The fourth-order valence-electron chi connectivity index (χ4n) is 2.61. The number of aliphatic hydroxyl groups is 1. The molecule has 0 saturated heterocycles. The lowest BCUT2D eigenvalue weighted by Gasteiger charge is -2.23. The predicted molar refractivity (Wildman–Crippen MR) is 50.3 cm³/mol. The van der Waals surface area contributed by atoms with Crippen molar-refractivity contribution < 1.29 is 9.90 Å². The first-order valence-electron chi connectivity index (χ1n) is 5.08. The number of rotatable bonds is 1. The van der Waals surface area contributed by atoms with Crippen molar-refractivity contribution in [3.8, 4) is 0 Å². The molecule has 2 heteroatoms. The second-order valence-corrected chi connectivity index (χ2v) is 4.52. The van der Waals surface area contributed by atoms with Gasteiger partial charge in [0.1, 0.15) is 5.76 Å². The molecule has 1 N–H and O–H groups in total. The Kier molecular flexibility index (Phi) is 1.94. The lowest BCUT2D eigenvalue weighted by molar-refractivity contribution is -0.120. The minimum Gasteiger partial charge on any atom is -0.512 e. The summed E-state index contributed by atoms with van der Waals surface area (Å²) in [6.45, 7) is 3.96. The molecule has 2 atom stereocenters. The van der Waals surface area contributed by atoms with Crippen molar-refractivity contribution in [1.29, 1.82) is 0 Å². The first-order valence-corrected chi connectivity index (χ1v) is 5.08. The molecule has 13 heavy (non-hydrogen) atoms. The number of carbonyl (C=O) groups excluding carboxylic acids is 1. The van der Waals surface area contributed by atoms with Crippen molar-refractivity contribution in [3.05, 3.63) is 11.3 Å². The van der Waals surface area contributed by atoms with Crippen LogP contribution in [-0.4, -0.2) is 10.9 Å². The summed E-state index contributed by atoms with van der Waals surface area (Å²) in [6.07, 6.45) is 2.86. The Morgan fingerprint density at radius 2 is 1.92 bits per heavy atom. The Morgan fingerprint density at radius 3 is 2.54 bits per heavy atom. The number of Topliss-reactive ketones (excluding diaryl/α,β-unsaturated/α-hetero) is 1. The minimum atomic E-state index is 0.177. The number of hydrogen-bond donors (Lipinski definition) is 1. The first kappa shape index (κ1) is 8.79. The van der Waals surface area contributed by atoms with Gasteiger partial charge in [-0.25, -0.2) is 0 Å². The molecule has 0 aromatic rings. The number of allylic oxidation sites excluding steroid dienone is 2. The van der Waals surface area contributed by atoms with Crippen LogP contribution in [0.15, 0.2) is 11.3 Å². The molecule has 1 saturated carbocycles. The van der Waals surface area contributed by atoms with Crippen LogP contribution in [0.2, 0.25) is 0 Å². The van der Waals surface area contributed by atoms with Crippen LogP contribution in [0.3, 0.4) is 0 Å². The van der Waals surface area contributed by atoms with E-state index in [0.717, 1.165) is 19.3 Å². The second-order valence-electron chi connectivity index (χ2n) is 4.52. The summed E-state index contributed by atoms with van der Waals surface area (Å²) in [5, 5.41) is 9.86. The van der Waals surface area contributed by atoms with E-state index in [1.165, 1.54) is 0 Å². The molecule has 0 aromatic heterocycles. The molecule has 1 fully saturated rings. The Morgan fingerprint density at radius 1 is 1.31 bits per heavy atom. The maximum atomic E-state index is 11.8. The largest absolute Gasteiger partial charge is 0.512 e. The highest BCUT2D eigenvalue weighted by molar-refractivity contribution is 5.99. The summed E-state index contributed by atoms with van der Waals surface area (Å²) in [5.41, 5.74) is 0.707. The first-order chi connectivity index (χ1) is 6.11. The highest BCUT2D eigenvalue weighted by Crippen LogP contribution is 2.43. The normalized spacial score (nSPS) is 33.3. The van der Waals surface area contributed by atoms with Crippen molar-refractivity contribution >= 4 is 5.78 Å². The van der Waals surface area contributed by atoms with Crippen LogP contribution < -0.4 is 0 Å². The van der Waals surface area contributed by atoms with Crippen LogP contribution in [0.5, 0.6) is 0 Å².